The van der Waals surface area contributed by atoms with Crippen LogP contribution in [0.25, 0.3) is 0 Å². The normalized spacial score (nSPS) is 23.7. The van der Waals surface area contributed by atoms with Gasteiger partial charge in [-0.1, -0.05) is 11.6 Å². The van der Waals surface area contributed by atoms with Crippen LogP contribution < -0.4 is 5.32 Å². The summed E-state index contributed by atoms with van der Waals surface area (Å²) < 4.78 is 5.48. The van der Waals surface area contributed by atoms with Crippen molar-refractivity contribution in [2.45, 2.75) is 31.9 Å². The summed E-state index contributed by atoms with van der Waals surface area (Å²) in [5.41, 5.74) is 0.978. The first-order chi connectivity index (χ1) is 8.56. The number of nitrogens with one attached hydrogen (secondary N) is 1. The number of aromatic carboxylic acids is 1. The predicted molar refractivity (Wildman–Crippen MR) is 70.5 cm³/mol. The SMILES string of the molecule is CC1CC(Nc2ccc(C(=O)O)c(Cl)c2)CCO1. The van der Waals surface area contributed by atoms with E-state index in [1.807, 2.05) is 6.92 Å². The summed E-state index contributed by atoms with van der Waals surface area (Å²) in [6.07, 6.45) is 2.14. The molecule has 0 aromatic heterocycles. The largest absolute Gasteiger partial charge is 0.478 e. The third kappa shape index (κ3) is 3.15. The zero-order valence-corrected chi connectivity index (χ0v) is 10.9. The molecule has 1 fully saturated rings. The number of halogens is 1. The van der Waals surface area contributed by atoms with Crippen LogP contribution in [0.5, 0.6) is 0 Å². The first kappa shape index (κ1) is 13.2. The lowest BCUT2D eigenvalue weighted by atomic mass is 10.0. The molecule has 0 spiro atoms. The smallest absolute Gasteiger partial charge is 0.337 e. The van der Waals surface area contributed by atoms with Gasteiger partial charge in [-0.3, -0.25) is 0 Å². The number of carboxylic acid groups (broad SMARTS) is 1. The molecule has 0 saturated carbocycles. The number of carboxylic acids is 1. The first-order valence-corrected chi connectivity index (χ1v) is 6.35. The van der Waals surface area contributed by atoms with Crippen molar-refractivity contribution in [1.29, 1.82) is 0 Å². The average Bonchev–Trinajstić information content (AvgIpc) is 2.28. The van der Waals surface area contributed by atoms with Crippen LogP contribution in [0, 0.1) is 0 Å². The molecule has 0 aliphatic carbocycles. The van der Waals surface area contributed by atoms with Gasteiger partial charge >= 0.3 is 5.97 Å². The summed E-state index contributed by atoms with van der Waals surface area (Å²) in [5, 5.41) is 12.5. The molecule has 2 unspecified atom stereocenters. The Balaban J connectivity index is 2.05. The zero-order chi connectivity index (χ0) is 13.1. The van der Waals surface area contributed by atoms with Crippen molar-refractivity contribution in [2.24, 2.45) is 0 Å². The van der Waals surface area contributed by atoms with E-state index in [9.17, 15) is 4.79 Å². The standard InChI is InChI=1S/C13H16ClNO3/c1-8-6-10(4-5-18-8)15-9-2-3-11(13(16)17)12(14)7-9/h2-3,7-8,10,15H,4-6H2,1H3,(H,16,17). The Hall–Kier alpha value is -1.26. The number of hydrogen-bond donors (Lipinski definition) is 2. The molecular weight excluding hydrogens is 254 g/mol. The second-order valence-corrected chi connectivity index (χ2v) is 4.95. The lowest BCUT2D eigenvalue weighted by Gasteiger charge is -2.28. The van der Waals surface area contributed by atoms with E-state index in [4.69, 9.17) is 21.4 Å². The van der Waals surface area contributed by atoms with Gasteiger partial charge in [0.05, 0.1) is 16.7 Å². The van der Waals surface area contributed by atoms with Crippen LogP contribution in [0.3, 0.4) is 0 Å². The molecule has 1 aromatic rings. The van der Waals surface area contributed by atoms with Gasteiger partial charge in [-0.05, 0) is 38.0 Å². The van der Waals surface area contributed by atoms with Crippen LogP contribution in [0.15, 0.2) is 18.2 Å². The van der Waals surface area contributed by atoms with E-state index in [0.717, 1.165) is 25.1 Å². The molecule has 0 bridgehead atoms. The van der Waals surface area contributed by atoms with E-state index in [-0.39, 0.29) is 16.7 Å². The fourth-order valence-electron chi connectivity index (χ4n) is 2.14. The molecule has 2 N–H and O–H groups in total. The van der Waals surface area contributed by atoms with E-state index < -0.39 is 5.97 Å². The summed E-state index contributed by atoms with van der Waals surface area (Å²) in [7, 11) is 0. The van der Waals surface area contributed by atoms with Gasteiger partial charge in [0, 0.05) is 18.3 Å². The Bertz CT molecular complexity index is 450. The Morgan fingerprint density at radius 1 is 1.56 bits per heavy atom. The molecule has 2 atom stereocenters. The maximum atomic E-state index is 10.8. The van der Waals surface area contributed by atoms with Gasteiger partial charge in [0.15, 0.2) is 0 Å². The molecule has 18 heavy (non-hydrogen) atoms. The van der Waals surface area contributed by atoms with Crippen LogP contribution in [0.1, 0.15) is 30.1 Å². The fourth-order valence-corrected chi connectivity index (χ4v) is 2.40. The van der Waals surface area contributed by atoms with Crippen LogP contribution in [-0.4, -0.2) is 29.8 Å². The minimum absolute atomic E-state index is 0.127. The van der Waals surface area contributed by atoms with Crippen molar-refractivity contribution in [1.82, 2.24) is 0 Å². The van der Waals surface area contributed by atoms with Crippen LogP contribution in [0.4, 0.5) is 5.69 Å². The number of carbonyl (C=O) groups is 1. The molecule has 1 aliphatic heterocycles. The summed E-state index contributed by atoms with van der Waals surface area (Å²) in [5.74, 6) is -1.01. The van der Waals surface area contributed by atoms with E-state index in [0.29, 0.717) is 6.04 Å². The maximum absolute atomic E-state index is 10.8. The van der Waals surface area contributed by atoms with Crippen molar-refractivity contribution in [3.63, 3.8) is 0 Å². The summed E-state index contributed by atoms with van der Waals surface area (Å²) in [4.78, 5) is 10.8. The van der Waals surface area contributed by atoms with Crippen molar-refractivity contribution < 1.29 is 14.6 Å². The number of rotatable bonds is 3. The lowest BCUT2D eigenvalue weighted by molar-refractivity contribution is 0.0232. The minimum Gasteiger partial charge on any atom is -0.478 e. The Kier molecular flexibility index (Phi) is 4.09. The fraction of sp³-hybridized carbons (Fsp3) is 0.462. The highest BCUT2D eigenvalue weighted by Crippen LogP contribution is 2.24. The zero-order valence-electron chi connectivity index (χ0n) is 10.1. The van der Waals surface area contributed by atoms with Crippen molar-refractivity contribution in [3.8, 4) is 0 Å². The number of benzene rings is 1. The second-order valence-electron chi connectivity index (χ2n) is 4.55. The van der Waals surface area contributed by atoms with Crippen LogP contribution in [-0.2, 0) is 4.74 Å². The lowest BCUT2D eigenvalue weighted by Crippen LogP contribution is -2.32. The van der Waals surface area contributed by atoms with Gasteiger partial charge in [-0.25, -0.2) is 4.79 Å². The van der Waals surface area contributed by atoms with Crippen molar-refractivity contribution >= 4 is 23.3 Å². The van der Waals surface area contributed by atoms with E-state index >= 15 is 0 Å². The van der Waals surface area contributed by atoms with Gasteiger partial charge in [0.25, 0.3) is 0 Å². The van der Waals surface area contributed by atoms with Gasteiger partial charge in [-0.2, -0.15) is 0 Å². The van der Waals surface area contributed by atoms with Crippen molar-refractivity contribution in [2.75, 3.05) is 11.9 Å². The second kappa shape index (κ2) is 5.59. The highest BCUT2D eigenvalue weighted by molar-refractivity contribution is 6.33. The molecule has 1 heterocycles. The third-order valence-corrected chi connectivity index (χ3v) is 3.37. The minimum atomic E-state index is -1.01. The molecule has 2 rings (SSSR count). The summed E-state index contributed by atoms with van der Waals surface area (Å²) in [6.45, 7) is 2.80. The summed E-state index contributed by atoms with van der Waals surface area (Å²) >= 11 is 5.93. The molecule has 0 radical (unpaired) electrons. The van der Waals surface area contributed by atoms with Crippen LogP contribution >= 0.6 is 11.6 Å². The number of hydrogen-bond acceptors (Lipinski definition) is 3. The third-order valence-electron chi connectivity index (χ3n) is 3.06. The number of ether oxygens (including phenoxy) is 1. The highest BCUT2D eigenvalue weighted by atomic mass is 35.5. The van der Waals surface area contributed by atoms with E-state index in [2.05, 4.69) is 5.32 Å². The Labute approximate surface area is 111 Å². The Morgan fingerprint density at radius 2 is 2.33 bits per heavy atom. The first-order valence-electron chi connectivity index (χ1n) is 5.97. The molecule has 98 valence electrons. The molecule has 5 heteroatoms. The van der Waals surface area contributed by atoms with Gasteiger partial charge in [0.1, 0.15) is 0 Å². The average molecular weight is 270 g/mol. The highest BCUT2D eigenvalue weighted by Gasteiger charge is 2.19. The topological polar surface area (TPSA) is 58.6 Å². The molecule has 0 amide bonds. The Morgan fingerprint density at radius 3 is 2.94 bits per heavy atom. The van der Waals surface area contributed by atoms with E-state index in [1.165, 1.54) is 6.07 Å². The van der Waals surface area contributed by atoms with Gasteiger partial charge in [-0.15, -0.1) is 0 Å². The van der Waals surface area contributed by atoms with Gasteiger partial charge in [0.2, 0.25) is 0 Å². The predicted octanol–water partition coefficient (Wildman–Crippen LogP) is 3.02. The molecule has 1 aromatic carbocycles. The van der Waals surface area contributed by atoms with Gasteiger partial charge < -0.3 is 15.2 Å². The number of anilines is 1. The molecule has 4 nitrogen and oxygen atoms in total. The monoisotopic (exact) mass is 269 g/mol. The molecule has 1 aliphatic rings. The van der Waals surface area contributed by atoms with E-state index in [1.54, 1.807) is 12.1 Å². The quantitative estimate of drug-likeness (QED) is 0.886. The maximum Gasteiger partial charge on any atom is 0.337 e. The molecule has 1 saturated heterocycles. The molecular formula is C13H16ClNO3. The van der Waals surface area contributed by atoms with Crippen LogP contribution in [0.2, 0.25) is 5.02 Å². The van der Waals surface area contributed by atoms with Crippen molar-refractivity contribution in [3.05, 3.63) is 28.8 Å². The summed E-state index contributed by atoms with van der Waals surface area (Å²) in [6, 6.07) is 5.27.